The van der Waals surface area contributed by atoms with Crippen LogP contribution in [0.5, 0.6) is 0 Å². The molecule has 0 radical (unpaired) electrons. The molecular weight excluding hydrogens is 348 g/mol. The lowest BCUT2D eigenvalue weighted by Gasteiger charge is -2.13. The maximum Gasteiger partial charge on any atom is 0.279 e. The van der Waals surface area contributed by atoms with E-state index in [1.165, 1.54) is 43.6 Å². The number of rotatable bonds is 7. The SMILES string of the molecule is C[C@@H]([NH2+]CC(=O)Nc1ccc(C[NH+]2CCCC2)cc1)c1ccc(F)cc1F. The van der Waals surface area contributed by atoms with Gasteiger partial charge in [-0.1, -0.05) is 12.1 Å². The quantitative estimate of drug-likeness (QED) is 0.673. The lowest BCUT2D eigenvalue weighted by Crippen LogP contribution is -3.08. The Bertz CT molecular complexity index is 773. The van der Waals surface area contributed by atoms with Gasteiger partial charge in [-0.05, 0) is 31.2 Å². The third kappa shape index (κ3) is 5.58. The van der Waals surface area contributed by atoms with E-state index in [1.807, 2.05) is 12.1 Å². The zero-order valence-electron chi connectivity index (χ0n) is 15.6. The second-order valence-corrected chi connectivity index (χ2v) is 7.27. The Labute approximate surface area is 158 Å². The zero-order chi connectivity index (χ0) is 19.2. The summed E-state index contributed by atoms with van der Waals surface area (Å²) in [5.74, 6) is -1.34. The van der Waals surface area contributed by atoms with Crippen molar-refractivity contribution >= 4 is 11.6 Å². The topological polar surface area (TPSA) is 50.1 Å². The van der Waals surface area contributed by atoms with Crippen LogP contribution in [0.25, 0.3) is 0 Å². The summed E-state index contributed by atoms with van der Waals surface area (Å²) in [5, 5.41) is 4.60. The van der Waals surface area contributed by atoms with E-state index in [-0.39, 0.29) is 18.5 Å². The van der Waals surface area contributed by atoms with Crippen LogP contribution in [0.4, 0.5) is 14.5 Å². The smallest absolute Gasteiger partial charge is 0.279 e. The summed E-state index contributed by atoms with van der Waals surface area (Å²) in [4.78, 5) is 13.8. The second-order valence-electron chi connectivity index (χ2n) is 7.27. The fraction of sp³-hybridized carbons (Fsp3) is 0.381. The average Bonchev–Trinajstić information content (AvgIpc) is 3.14. The highest BCUT2D eigenvalue weighted by atomic mass is 19.1. The normalized spacial score (nSPS) is 15.7. The van der Waals surface area contributed by atoms with Gasteiger partial charge in [0.15, 0.2) is 6.54 Å². The second kappa shape index (κ2) is 9.06. The number of benzene rings is 2. The number of likely N-dealkylation sites (tertiary alicyclic amines) is 1. The van der Waals surface area contributed by atoms with Crippen molar-refractivity contribution in [3.05, 3.63) is 65.2 Å². The van der Waals surface area contributed by atoms with Gasteiger partial charge in [-0.3, -0.25) is 4.79 Å². The molecule has 0 bridgehead atoms. The Hall–Kier alpha value is -2.31. The molecule has 1 heterocycles. The fourth-order valence-corrected chi connectivity index (χ4v) is 3.54. The minimum absolute atomic E-state index is 0.151. The molecule has 1 atom stereocenters. The monoisotopic (exact) mass is 375 g/mol. The Kier molecular flexibility index (Phi) is 6.53. The van der Waals surface area contributed by atoms with Gasteiger partial charge in [-0.25, -0.2) is 8.78 Å². The molecule has 4 N–H and O–H groups in total. The molecule has 1 saturated heterocycles. The minimum atomic E-state index is -0.601. The maximum absolute atomic E-state index is 13.8. The van der Waals surface area contributed by atoms with Crippen LogP contribution in [0.1, 0.15) is 36.9 Å². The predicted octanol–water partition coefficient (Wildman–Crippen LogP) is 1.41. The lowest BCUT2D eigenvalue weighted by atomic mass is 10.1. The van der Waals surface area contributed by atoms with Gasteiger partial charge in [0.1, 0.15) is 24.2 Å². The van der Waals surface area contributed by atoms with Gasteiger partial charge in [-0.2, -0.15) is 0 Å². The summed E-state index contributed by atoms with van der Waals surface area (Å²) < 4.78 is 26.8. The Morgan fingerprint density at radius 3 is 2.52 bits per heavy atom. The van der Waals surface area contributed by atoms with Crippen molar-refractivity contribution < 1.29 is 23.8 Å². The van der Waals surface area contributed by atoms with Crippen molar-refractivity contribution in [3.63, 3.8) is 0 Å². The molecule has 4 nitrogen and oxygen atoms in total. The van der Waals surface area contributed by atoms with Gasteiger partial charge in [0.2, 0.25) is 0 Å². The minimum Gasteiger partial charge on any atom is -0.332 e. The van der Waals surface area contributed by atoms with Crippen LogP contribution >= 0.6 is 0 Å². The van der Waals surface area contributed by atoms with E-state index >= 15 is 0 Å². The van der Waals surface area contributed by atoms with Gasteiger partial charge in [0.25, 0.3) is 5.91 Å². The third-order valence-electron chi connectivity index (χ3n) is 5.11. The van der Waals surface area contributed by atoms with Crippen LogP contribution in [-0.4, -0.2) is 25.5 Å². The molecule has 27 heavy (non-hydrogen) atoms. The Morgan fingerprint density at radius 1 is 1.15 bits per heavy atom. The molecule has 1 fully saturated rings. The Balaban J connectivity index is 1.47. The number of carbonyl (C=O) groups excluding carboxylic acids is 1. The number of carbonyl (C=O) groups is 1. The third-order valence-corrected chi connectivity index (χ3v) is 5.11. The van der Waals surface area contributed by atoms with Gasteiger partial charge in [0, 0.05) is 35.7 Å². The largest absolute Gasteiger partial charge is 0.332 e. The first-order valence-corrected chi connectivity index (χ1v) is 9.52. The molecule has 0 saturated carbocycles. The van der Waals surface area contributed by atoms with E-state index in [1.54, 1.807) is 17.1 Å². The molecule has 3 rings (SSSR count). The van der Waals surface area contributed by atoms with Crippen LogP contribution in [0.3, 0.4) is 0 Å². The van der Waals surface area contributed by atoms with Gasteiger partial charge >= 0.3 is 0 Å². The molecule has 0 aliphatic carbocycles. The first-order valence-electron chi connectivity index (χ1n) is 9.52. The van der Waals surface area contributed by atoms with Gasteiger partial charge < -0.3 is 15.5 Å². The molecule has 144 valence electrons. The number of anilines is 1. The van der Waals surface area contributed by atoms with E-state index in [9.17, 15) is 13.6 Å². The van der Waals surface area contributed by atoms with E-state index < -0.39 is 11.6 Å². The summed E-state index contributed by atoms with van der Waals surface area (Å²) >= 11 is 0. The molecule has 1 aliphatic rings. The van der Waals surface area contributed by atoms with Crippen molar-refractivity contribution in [1.29, 1.82) is 0 Å². The molecule has 0 spiro atoms. The summed E-state index contributed by atoms with van der Waals surface area (Å²) in [6.07, 6.45) is 2.61. The molecule has 0 aromatic heterocycles. The number of hydrogen-bond donors (Lipinski definition) is 3. The summed E-state index contributed by atoms with van der Waals surface area (Å²) in [6, 6.07) is 11.2. The zero-order valence-corrected chi connectivity index (χ0v) is 15.6. The molecule has 1 amide bonds. The number of halogens is 2. The predicted molar refractivity (Wildman–Crippen MR) is 100 cm³/mol. The van der Waals surface area contributed by atoms with E-state index in [0.29, 0.717) is 5.56 Å². The first-order chi connectivity index (χ1) is 13.0. The highest BCUT2D eigenvalue weighted by Crippen LogP contribution is 2.14. The van der Waals surface area contributed by atoms with Crippen molar-refractivity contribution in [1.82, 2.24) is 0 Å². The van der Waals surface area contributed by atoms with Crippen LogP contribution in [0, 0.1) is 11.6 Å². The molecular formula is C21H27F2N3O+2. The summed E-state index contributed by atoms with van der Waals surface area (Å²) in [7, 11) is 0. The van der Waals surface area contributed by atoms with E-state index in [0.717, 1.165) is 18.3 Å². The van der Waals surface area contributed by atoms with Crippen molar-refractivity contribution in [2.24, 2.45) is 0 Å². The lowest BCUT2D eigenvalue weighted by molar-refractivity contribution is -0.901. The van der Waals surface area contributed by atoms with Crippen molar-refractivity contribution in [2.75, 3.05) is 25.0 Å². The standard InChI is InChI=1S/C21H25F2N3O/c1-15(19-9-6-17(22)12-20(19)23)24-13-21(27)25-18-7-4-16(5-8-18)14-26-10-2-3-11-26/h4-9,12,15,24H,2-3,10-11,13-14H2,1H3,(H,25,27)/p+2/t15-/m1/s1. The van der Waals surface area contributed by atoms with E-state index in [4.69, 9.17) is 0 Å². The van der Waals surface area contributed by atoms with Crippen LogP contribution < -0.4 is 15.5 Å². The molecule has 0 unspecified atom stereocenters. The highest BCUT2D eigenvalue weighted by molar-refractivity contribution is 5.91. The number of nitrogens with one attached hydrogen (secondary N) is 2. The molecule has 6 heteroatoms. The van der Waals surface area contributed by atoms with E-state index in [2.05, 4.69) is 17.4 Å². The summed E-state index contributed by atoms with van der Waals surface area (Å²) in [5.41, 5.74) is 2.42. The number of quaternary nitrogens is 2. The molecule has 2 aromatic rings. The fourth-order valence-electron chi connectivity index (χ4n) is 3.54. The van der Waals surface area contributed by atoms with Crippen LogP contribution in [0.15, 0.2) is 42.5 Å². The van der Waals surface area contributed by atoms with Crippen molar-refractivity contribution in [3.8, 4) is 0 Å². The van der Waals surface area contributed by atoms with Crippen LogP contribution in [0.2, 0.25) is 0 Å². The molecule has 1 aliphatic heterocycles. The summed E-state index contributed by atoms with van der Waals surface area (Å²) in [6.45, 7) is 5.46. The van der Waals surface area contributed by atoms with Crippen molar-refractivity contribution in [2.45, 2.75) is 32.4 Å². The number of amides is 1. The number of nitrogens with two attached hydrogens (primary N) is 1. The van der Waals surface area contributed by atoms with Gasteiger partial charge in [-0.15, -0.1) is 0 Å². The number of hydrogen-bond acceptors (Lipinski definition) is 1. The molecule has 2 aromatic carbocycles. The average molecular weight is 375 g/mol. The highest BCUT2D eigenvalue weighted by Gasteiger charge is 2.17. The maximum atomic E-state index is 13.8. The first kappa shape index (κ1) is 19.5. The van der Waals surface area contributed by atoms with Gasteiger partial charge in [0.05, 0.1) is 13.1 Å². The van der Waals surface area contributed by atoms with Crippen LogP contribution in [-0.2, 0) is 11.3 Å². The Morgan fingerprint density at radius 2 is 1.85 bits per heavy atom.